The normalized spacial score (nSPS) is 21.8. The molecule has 9 nitrogen and oxygen atoms in total. The summed E-state index contributed by atoms with van der Waals surface area (Å²) in [5, 5.41) is 8.43. The number of para-hydroxylation sites is 1. The van der Waals surface area contributed by atoms with E-state index in [4.69, 9.17) is 29.3 Å². The highest BCUT2D eigenvalue weighted by Crippen LogP contribution is 2.39. The van der Waals surface area contributed by atoms with E-state index in [0.717, 1.165) is 81.0 Å². The molecule has 2 saturated carbocycles. The second-order valence-corrected chi connectivity index (χ2v) is 12.1. The Morgan fingerprint density at radius 1 is 0.932 bits per heavy atom. The molecule has 5 aromatic rings. The zero-order valence-corrected chi connectivity index (χ0v) is 24.5. The fraction of sp³-hybridized carbons (Fsp3) is 0.286. The van der Waals surface area contributed by atoms with Crippen LogP contribution < -0.4 is 14.8 Å². The molecule has 0 unspecified atom stereocenters. The van der Waals surface area contributed by atoms with Gasteiger partial charge < -0.3 is 24.5 Å². The van der Waals surface area contributed by atoms with E-state index in [1.165, 1.54) is 24.8 Å². The number of pyridine rings is 1. The van der Waals surface area contributed by atoms with Crippen LogP contribution in [-0.2, 0) is 11.8 Å². The maximum Gasteiger partial charge on any atom is 0.231 e. The number of ether oxygens (including phenoxy) is 3. The van der Waals surface area contributed by atoms with Crippen LogP contribution in [0.4, 0.5) is 0 Å². The minimum Gasteiger partial charge on any atom is -0.490 e. The molecular formula is C35H32N6O3. The number of aromatic nitrogens is 5. The molecule has 3 aromatic heterocycles. The Morgan fingerprint density at radius 3 is 2.77 bits per heavy atom. The van der Waals surface area contributed by atoms with Gasteiger partial charge in [0.25, 0.3) is 0 Å². The van der Waals surface area contributed by atoms with Gasteiger partial charge in [0.2, 0.25) is 6.79 Å². The van der Waals surface area contributed by atoms with Crippen LogP contribution in [-0.4, -0.2) is 43.7 Å². The van der Waals surface area contributed by atoms with Crippen LogP contribution in [0, 0.1) is 0 Å². The van der Waals surface area contributed by atoms with Crippen molar-refractivity contribution in [2.45, 2.75) is 50.7 Å². The Balaban J connectivity index is 1.11. The molecule has 0 radical (unpaired) electrons. The van der Waals surface area contributed by atoms with E-state index in [1.807, 2.05) is 42.1 Å². The van der Waals surface area contributed by atoms with Crippen molar-refractivity contribution < 1.29 is 14.2 Å². The highest BCUT2D eigenvalue weighted by Gasteiger charge is 2.31. The molecule has 9 heteroatoms. The number of aryl methyl sites for hydroxylation is 1. The largest absolute Gasteiger partial charge is 0.490 e. The number of fused-ring (bicyclic) bond motifs is 4. The third-order valence-corrected chi connectivity index (χ3v) is 9.06. The van der Waals surface area contributed by atoms with Gasteiger partial charge in [-0.2, -0.15) is 5.10 Å². The minimum atomic E-state index is 0.243. The van der Waals surface area contributed by atoms with Gasteiger partial charge in [-0.3, -0.25) is 4.68 Å². The summed E-state index contributed by atoms with van der Waals surface area (Å²) in [6.45, 7) is 0.243. The zero-order valence-electron chi connectivity index (χ0n) is 24.5. The lowest BCUT2D eigenvalue weighted by atomic mass is 9.98. The van der Waals surface area contributed by atoms with Gasteiger partial charge in [0.15, 0.2) is 23.0 Å². The first kappa shape index (κ1) is 25.4. The predicted molar refractivity (Wildman–Crippen MR) is 169 cm³/mol. The van der Waals surface area contributed by atoms with Crippen LogP contribution in [0.5, 0.6) is 11.5 Å². The van der Waals surface area contributed by atoms with E-state index in [-0.39, 0.29) is 12.9 Å². The van der Waals surface area contributed by atoms with Gasteiger partial charge in [0.05, 0.1) is 34.4 Å². The molecule has 4 aliphatic rings. The minimum absolute atomic E-state index is 0.243. The van der Waals surface area contributed by atoms with Crippen molar-refractivity contribution in [1.82, 2.24) is 30.0 Å². The summed E-state index contributed by atoms with van der Waals surface area (Å²) in [5.74, 6) is 3.12. The highest BCUT2D eigenvalue weighted by atomic mass is 16.7. The lowest BCUT2D eigenvalue weighted by Gasteiger charge is -2.24. The van der Waals surface area contributed by atoms with Crippen molar-refractivity contribution in [2.75, 3.05) is 6.79 Å². The van der Waals surface area contributed by atoms with Crippen molar-refractivity contribution in [3.05, 3.63) is 83.9 Å². The van der Waals surface area contributed by atoms with Crippen LogP contribution >= 0.6 is 0 Å². The average molecular weight is 585 g/mol. The van der Waals surface area contributed by atoms with Crippen molar-refractivity contribution in [3.8, 4) is 34.1 Å². The summed E-state index contributed by atoms with van der Waals surface area (Å²) in [5.41, 5.74) is 9.50. The zero-order chi connectivity index (χ0) is 29.2. The average Bonchev–Trinajstić information content (AvgIpc) is 3.37. The number of imidazole rings is 1. The molecule has 2 aromatic carbocycles. The van der Waals surface area contributed by atoms with Gasteiger partial charge in [0.1, 0.15) is 11.3 Å². The molecule has 2 N–H and O–H groups in total. The van der Waals surface area contributed by atoms with Crippen LogP contribution in [0.15, 0.2) is 78.2 Å². The van der Waals surface area contributed by atoms with E-state index in [2.05, 4.69) is 46.9 Å². The summed E-state index contributed by atoms with van der Waals surface area (Å²) in [6.07, 6.45) is 13.8. The molecule has 0 bridgehead atoms. The SMILES string of the molecule is Cn1nc(-c2nc3c(-c4ccc5c(c4)OCO5)cccc3[nH]2)c2nc(C3=C/N[C@H]4CC4=C/C(OC4CCCCC4)=C\3)ccc21. The van der Waals surface area contributed by atoms with Crippen LogP contribution in [0.1, 0.15) is 44.2 Å². The Labute approximate surface area is 254 Å². The third kappa shape index (κ3) is 4.42. The fourth-order valence-corrected chi connectivity index (χ4v) is 6.60. The molecule has 2 fully saturated rings. The quantitative estimate of drug-likeness (QED) is 0.235. The maximum atomic E-state index is 6.55. The maximum absolute atomic E-state index is 6.55. The summed E-state index contributed by atoms with van der Waals surface area (Å²) in [6, 6.07) is 16.7. The monoisotopic (exact) mass is 584 g/mol. The van der Waals surface area contributed by atoms with Crippen LogP contribution in [0.3, 0.4) is 0 Å². The standard InChI is InChI=1S/C35H32N6O3/c1-41-29-12-11-26(22-15-24(14-21-16-28(21)36-18-22)44-23-6-3-2-4-7-23)37-33(29)34(40-41)35-38-27-9-5-8-25(32(27)39-35)20-10-13-30-31(17-20)43-19-42-30/h5,8-15,17-18,23,28,36H,2-4,6-7,16,19H2,1H3,(H,38,39)/b21-14?,22-18+,24-15+/t28-/m0/s1. The van der Waals surface area contributed by atoms with E-state index in [1.54, 1.807) is 0 Å². The molecular weight excluding hydrogens is 552 g/mol. The lowest BCUT2D eigenvalue weighted by molar-refractivity contribution is 0.0901. The second kappa shape index (κ2) is 10.0. The van der Waals surface area contributed by atoms with Gasteiger partial charge in [-0.05, 0) is 85.7 Å². The van der Waals surface area contributed by atoms with Gasteiger partial charge >= 0.3 is 0 Å². The van der Waals surface area contributed by atoms with E-state index in [0.29, 0.717) is 17.6 Å². The number of aromatic amines is 1. The molecule has 220 valence electrons. The summed E-state index contributed by atoms with van der Waals surface area (Å²) < 4.78 is 19.6. The van der Waals surface area contributed by atoms with Gasteiger partial charge in [0, 0.05) is 24.4 Å². The molecule has 44 heavy (non-hydrogen) atoms. The second-order valence-electron chi connectivity index (χ2n) is 12.1. The Bertz CT molecular complexity index is 2040. The van der Waals surface area contributed by atoms with Gasteiger partial charge in [-0.25, -0.2) is 9.97 Å². The molecule has 1 atom stereocenters. The van der Waals surface area contributed by atoms with Gasteiger partial charge in [-0.1, -0.05) is 24.6 Å². The Morgan fingerprint density at radius 2 is 1.84 bits per heavy atom. The van der Waals surface area contributed by atoms with Crippen molar-refractivity contribution >= 4 is 27.6 Å². The van der Waals surface area contributed by atoms with Crippen molar-refractivity contribution in [3.63, 3.8) is 0 Å². The summed E-state index contributed by atoms with van der Waals surface area (Å²) in [7, 11) is 1.94. The molecule has 9 rings (SSSR count). The van der Waals surface area contributed by atoms with Crippen LogP contribution in [0.2, 0.25) is 0 Å². The molecule has 0 spiro atoms. The number of hydrogen-bond donors (Lipinski definition) is 2. The first-order chi connectivity index (χ1) is 21.7. The molecule has 2 aliphatic heterocycles. The van der Waals surface area contributed by atoms with Gasteiger partial charge in [-0.15, -0.1) is 0 Å². The number of nitrogens with zero attached hydrogens (tertiary/aromatic N) is 4. The summed E-state index contributed by atoms with van der Waals surface area (Å²) in [4.78, 5) is 13.8. The fourth-order valence-electron chi connectivity index (χ4n) is 6.60. The number of allylic oxidation sites excluding steroid dienone is 3. The smallest absolute Gasteiger partial charge is 0.231 e. The third-order valence-electron chi connectivity index (χ3n) is 9.06. The number of H-pyrrole nitrogens is 1. The Hall–Kier alpha value is -5.05. The highest BCUT2D eigenvalue weighted by molar-refractivity contribution is 5.97. The molecule has 0 amide bonds. The van der Waals surface area contributed by atoms with Crippen molar-refractivity contribution in [1.29, 1.82) is 0 Å². The molecule has 0 saturated heterocycles. The van der Waals surface area contributed by atoms with E-state index < -0.39 is 0 Å². The Kier molecular flexibility index (Phi) is 5.79. The first-order valence-corrected chi connectivity index (χ1v) is 15.4. The summed E-state index contributed by atoms with van der Waals surface area (Å²) >= 11 is 0. The number of rotatable bonds is 5. The van der Waals surface area contributed by atoms with E-state index in [9.17, 15) is 0 Å². The van der Waals surface area contributed by atoms with Crippen molar-refractivity contribution in [2.24, 2.45) is 7.05 Å². The number of nitrogens with one attached hydrogen (secondary N) is 2. The first-order valence-electron chi connectivity index (χ1n) is 15.4. The van der Waals surface area contributed by atoms with Crippen LogP contribution in [0.25, 0.3) is 50.3 Å². The topological polar surface area (TPSA) is 99.1 Å². The number of hydrogen-bond acceptors (Lipinski definition) is 7. The van der Waals surface area contributed by atoms with E-state index >= 15 is 0 Å². The molecule has 5 heterocycles. The lowest BCUT2D eigenvalue weighted by Crippen LogP contribution is -2.16. The predicted octanol–water partition coefficient (Wildman–Crippen LogP) is 6.78. The number of benzene rings is 2. The molecule has 2 aliphatic carbocycles.